The fourth-order valence-corrected chi connectivity index (χ4v) is 5.90. The van der Waals surface area contributed by atoms with Crippen LogP contribution >= 0.6 is 23.2 Å². The molecule has 0 fully saturated rings. The number of nitrogens with one attached hydrogen (secondary N) is 1. The number of nitrogens with two attached hydrogens (primary N) is 3. The van der Waals surface area contributed by atoms with E-state index in [0.29, 0.717) is 45.5 Å². The van der Waals surface area contributed by atoms with Crippen LogP contribution in [0.15, 0.2) is 41.8 Å². The van der Waals surface area contributed by atoms with Gasteiger partial charge in [-0.05, 0) is 58.4 Å². The number of halogens is 8. The number of hydrogen-bond acceptors (Lipinski definition) is 12. The van der Waals surface area contributed by atoms with Gasteiger partial charge in [0.25, 0.3) is 0 Å². The van der Waals surface area contributed by atoms with Gasteiger partial charge in [-0.15, -0.1) is 0 Å². The molecule has 2 aromatic heterocycles. The Hall–Kier alpha value is -4.33. The van der Waals surface area contributed by atoms with Crippen LogP contribution in [0.1, 0.15) is 72.9 Å². The molecule has 21 heteroatoms. The Labute approximate surface area is 331 Å². The van der Waals surface area contributed by atoms with Crippen molar-refractivity contribution in [1.82, 2.24) is 19.9 Å². The first-order valence-electron chi connectivity index (χ1n) is 16.5. The van der Waals surface area contributed by atoms with Crippen LogP contribution in [0.5, 0.6) is 11.5 Å². The molecule has 2 aromatic carbocycles. The molecule has 0 saturated heterocycles. The average Bonchev–Trinajstić information content (AvgIpc) is 3.08. The van der Waals surface area contributed by atoms with Crippen molar-refractivity contribution in [3.05, 3.63) is 80.1 Å². The number of nitrogen functional groups attached to an aromatic ring is 2. The van der Waals surface area contributed by atoms with Gasteiger partial charge < -0.3 is 32.0 Å². The molecular weight excluding hydrogens is 813 g/mol. The van der Waals surface area contributed by atoms with Gasteiger partial charge in [0.15, 0.2) is 0 Å². The van der Waals surface area contributed by atoms with Gasteiger partial charge >= 0.3 is 12.4 Å². The van der Waals surface area contributed by atoms with Crippen LogP contribution in [-0.4, -0.2) is 74.3 Å². The second-order valence-electron chi connectivity index (χ2n) is 12.8. The first kappa shape index (κ1) is 47.8. The van der Waals surface area contributed by atoms with Crippen molar-refractivity contribution in [1.29, 1.82) is 0 Å². The highest BCUT2D eigenvalue weighted by Gasteiger charge is 2.27. The highest BCUT2D eigenvalue weighted by Crippen LogP contribution is 2.35. The van der Waals surface area contributed by atoms with E-state index in [1.54, 1.807) is 20.3 Å². The number of aromatic nitrogens is 4. The zero-order valence-corrected chi connectivity index (χ0v) is 33.9. The zero-order chi connectivity index (χ0) is 42.8. The Morgan fingerprint density at radius 2 is 1.14 bits per heavy atom. The van der Waals surface area contributed by atoms with Gasteiger partial charge in [-0.3, -0.25) is 0 Å². The zero-order valence-electron chi connectivity index (χ0n) is 31.5. The van der Waals surface area contributed by atoms with Gasteiger partial charge in [0.1, 0.15) is 29.7 Å². The van der Waals surface area contributed by atoms with E-state index in [9.17, 15) is 34.8 Å². The van der Waals surface area contributed by atoms with E-state index < -0.39 is 35.3 Å². The van der Waals surface area contributed by atoms with E-state index >= 15 is 0 Å². The van der Waals surface area contributed by atoms with Gasteiger partial charge in [-0.2, -0.15) is 31.3 Å². The van der Waals surface area contributed by atoms with E-state index in [-0.39, 0.29) is 34.6 Å². The number of sulfone groups is 1. The van der Waals surface area contributed by atoms with Crippen LogP contribution in [0.3, 0.4) is 0 Å². The number of anilines is 3. The molecule has 310 valence electrons. The van der Waals surface area contributed by atoms with Crippen LogP contribution in [0.2, 0.25) is 10.0 Å². The van der Waals surface area contributed by atoms with Gasteiger partial charge in [-0.1, -0.05) is 50.9 Å². The number of ether oxygens (including phenoxy) is 2. The summed E-state index contributed by atoms with van der Waals surface area (Å²) in [5, 5.41) is 2.80. The third kappa shape index (κ3) is 15.0. The molecule has 0 saturated carbocycles. The number of rotatable bonds is 11. The largest absolute Gasteiger partial charge is 0.495 e. The van der Waals surface area contributed by atoms with Crippen LogP contribution in [0.4, 0.5) is 43.9 Å². The fraction of sp³-hybridized carbons (Fsp3) is 0.429. The lowest BCUT2D eigenvalue weighted by Crippen LogP contribution is -2.22. The first-order chi connectivity index (χ1) is 25.8. The van der Waals surface area contributed by atoms with Crippen LogP contribution in [-0.2, 0) is 22.7 Å². The van der Waals surface area contributed by atoms with Gasteiger partial charge in [0.05, 0.1) is 30.8 Å². The lowest BCUT2D eigenvalue weighted by molar-refractivity contribution is -0.118. The van der Waals surface area contributed by atoms with Crippen LogP contribution < -0.4 is 32.0 Å². The number of nitrogens with zero attached hydrogens (tertiary/aromatic N) is 4. The predicted molar refractivity (Wildman–Crippen MR) is 205 cm³/mol. The van der Waals surface area contributed by atoms with Crippen molar-refractivity contribution in [2.75, 3.05) is 50.3 Å². The lowest BCUT2D eigenvalue weighted by Gasteiger charge is -2.16. The molecule has 0 spiro atoms. The molecule has 0 radical (unpaired) electrons. The van der Waals surface area contributed by atoms with E-state index in [2.05, 4.69) is 44.8 Å². The predicted octanol–water partition coefficient (Wildman–Crippen LogP) is 7.76. The topological polar surface area (TPSA) is 194 Å². The summed E-state index contributed by atoms with van der Waals surface area (Å²) >= 11 is 12.4. The Morgan fingerprint density at radius 3 is 1.46 bits per heavy atom. The number of methoxy groups -OCH3 is 2. The van der Waals surface area contributed by atoms with Crippen LogP contribution in [0, 0.1) is 0 Å². The Balaban J connectivity index is 0.000000338. The Kier molecular flexibility index (Phi) is 17.2. The van der Waals surface area contributed by atoms with Gasteiger partial charge in [-0.25, -0.2) is 23.4 Å². The molecule has 0 aliphatic heterocycles. The van der Waals surface area contributed by atoms with E-state index in [1.165, 1.54) is 12.4 Å². The molecule has 12 nitrogen and oxygen atoms in total. The van der Waals surface area contributed by atoms with Crippen molar-refractivity contribution in [3.63, 3.8) is 0 Å². The molecule has 2 heterocycles. The van der Waals surface area contributed by atoms with E-state index in [4.69, 9.17) is 44.1 Å². The Morgan fingerprint density at radius 1 is 0.732 bits per heavy atom. The molecule has 0 bridgehead atoms. The van der Waals surface area contributed by atoms with Gasteiger partial charge in [0, 0.05) is 42.6 Å². The highest BCUT2D eigenvalue weighted by atomic mass is 35.5. The minimum Gasteiger partial charge on any atom is -0.495 e. The van der Waals surface area contributed by atoms with Crippen molar-refractivity contribution in [3.8, 4) is 11.5 Å². The molecule has 0 amide bonds. The average molecular weight is 858 g/mol. The summed E-state index contributed by atoms with van der Waals surface area (Å²) in [4.78, 5) is 15.6. The summed E-state index contributed by atoms with van der Waals surface area (Å²) in [6, 6.07) is 7.41. The summed E-state index contributed by atoms with van der Waals surface area (Å²) in [5.41, 5.74) is 21.2. The molecule has 56 heavy (non-hydrogen) atoms. The Bertz CT molecular complexity index is 2050. The summed E-state index contributed by atoms with van der Waals surface area (Å²) < 4.78 is 102. The van der Waals surface area contributed by atoms with Crippen LogP contribution in [0.25, 0.3) is 0 Å². The molecule has 7 N–H and O–H groups in total. The SMILES string of the molecule is COc1cc(C(C)C)c(Cc2cnc(NCC(F)(F)F)nc2N)cc1Cl.COc1cc(C(C)C)c(Cc2cnc(S(C)(=O)=O)nc2N)cc1Cl.NCC(F)(F)F. The van der Waals surface area contributed by atoms with Gasteiger partial charge in [0.2, 0.25) is 20.9 Å². The van der Waals surface area contributed by atoms with Crippen molar-refractivity contribution in [2.45, 2.75) is 69.9 Å². The van der Waals surface area contributed by atoms with E-state index in [1.807, 2.05) is 32.0 Å². The second kappa shape index (κ2) is 20.2. The molecule has 4 aromatic rings. The number of alkyl halides is 6. The molecule has 0 aliphatic carbocycles. The second-order valence-corrected chi connectivity index (χ2v) is 15.5. The molecule has 4 rings (SSSR count). The fourth-order valence-electron chi connectivity index (χ4n) is 4.86. The van der Waals surface area contributed by atoms with Crippen molar-refractivity contribution < 1.29 is 44.2 Å². The number of benzene rings is 2. The molecule has 0 unspecified atom stereocenters. The monoisotopic (exact) mass is 856 g/mol. The standard InChI is InChI=1S/C17H20ClF3N4O.C16H20ClN3O3S.C2H4F3N/c1-9(2)12-6-14(26-3)13(18)5-10(12)4-11-7-23-16(25-15(11)22)24-8-17(19,20)21;1-9(2)12-7-14(23-3)13(17)6-10(12)5-11-8-19-16(20-15(11)18)24(4,21)22;3-2(4,5)1-6/h5-7,9H,4,8H2,1-3H3,(H3,22,23,24,25);6-9H,5H2,1-4H3,(H2,18,19,20);1,6H2. The maximum absolute atomic E-state index is 12.3. The van der Waals surface area contributed by atoms with E-state index in [0.717, 1.165) is 28.5 Å². The molecular formula is C35H44Cl2F6N8O4S. The molecule has 0 aliphatic rings. The summed E-state index contributed by atoms with van der Waals surface area (Å²) in [6.07, 6.45) is -3.77. The summed E-state index contributed by atoms with van der Waals surface area (Å²) in [6.45, 7) is 5.76. The maximum Gasteiger partial charge on any atom is 0.405 e. The summed E-state index contributed by atoms with van der Waals surface area (Å²) in [5.74, 6) is 1.75. The first-order valence-corrected chi connectivity index (χ1v) is 19.2. The number of hydrogen-bond donors (Lipinski definition) is 4. The highest BCUT2D eigenvalue weighted by molar-refractivity contribution is 7.90. The quantitative estimate of drug-likeness (QED) is 0.0848. The molecule has 0 atom stereocenters. The smallest absolute Gasteiger partial charge is 0.405 e. The van der Waals surface area contributed by atoms with Crippen molar-refractivity contribution in [2.24, 2.45) is 5.73 Å². The minimum atomic E-state index is -4.36. The maximum atomic E-state index is 12.3. The lowest BCUT2D eigenvalue weighted by atomic mass is 9.93. The normalized spacial score (nSPS) is 11.8. The minimum absolute atomic E-state index is 0.117. The third-order valence-electron chi connectivity index (χ3n) is 7.62. The third-order valence-corrected chi connectivity index (χ3v) is 9.07. The van der Waals surface area contributed by atoms with Crippen molar-refractivity contribution >= 4 is 50.6 Å². The summed E-state index contributed by atoms with van der Waals surface area (Å²) in [7, 11) is -0.377.